The fourth-order valence-corrected chi connectivity index (χ4v) is 3.24. The fraction of sp³-hybridized carbons (Fsp3) is 0.316. The SMILES string of the molecule is Cc1cccc(NC(=O)N2CCC[C@H]2c2ccc(Cl)cc2)c1C. The van der Waals surface area contributed by atoms with E-state index in [-0.39, 0.29) is 12.1 Å². The predicted octanol–water partition coefficient (Wildman–Crippen LogP) is 5.33. The van der Waals surface area contributed by atoms with Crippen LogP contribution in [0.1, 0.15) is 35.6 Å². The highest BCUT2D eigenvalue weighted by molar-refractivity contribution is 6.30. The molecule has 0 aliphatic carbocycles. The lowest BCUT2D eigenvalue weighted by atomic mass is 10.0. The Balaban J connectivity index is 1.78. The summed E-state index contributed by atoms with van der Waals surface area (Å²) in [6.45, 7) is 4.87. The van der Waals surface area contributed by atoms with Gasteiger partial charge in [-0.2, -0.15) is 0 Å². The van der Waals surface area contributed by atoms with Crippen LogP contribution in [0.4, 0.5) is 10.5 Å². The summed E-state index contributed by atoms with van der Waals surface area (Å²) in [5.41, 5.74) is 4.32. The van der Waals surface area contributed by atoms with Crippen molar-refractivity contribution in [3.05, 3.63) is 64.2 Å². The van der Waals surface area contributed by atoms with Crippen LogP contribution in [0.2, 0.25) is 5.02 Å². The number of benzene rings is 2. The molecule has 0 bridgehead atoms. The van der Waals surface area contributed by atoms with Gasteiger partial charge in [0.15, 0.2) is 0 Å². The van der Waals surface area contributed by atoms with E-state index in [9.17, 15) is 4.79 Å². The molecule has 120 valence electrons. The van der Waals surface area contributed by atoms with Crippen molar-refractivity contribution in [2.24, 2.45) is 0 Å². The van der Waals surface area contributed by atoms with Gasteiger partial charge in [-0.3, -0.25) is 0 Å². The number of aryl methyl sites for hydroxylation is 1. The fourth-order valence-electron chi connectivity index (χ4n) is 3.11. The molecule has 4 heteroatoms. The van der Waals surface area contributed by atoms with Crippen LogP contribution in [0.25, 0.3) is 0 Å². The number of carbonyl (C=O) groups is 1. The topological polar surface area (TPSA) is 32.3 Å². The second-order valence-electron chi connectivity index (χ2n) is 6.08. The van der Waals surface area contributed by atoms with Crippen molar-refractivity contribution in [2.75, 3.05) is 11.9 Å². The molecule has 3 rings (SSSR count). The second-order valence-corrected chi connectivity index (χ2v) is 6.52. The van der Waals surface area contributed by atoms with E-state index in [0.717, 1.165) is 41.2 Å². The van der Waals surface area contributed by atoms with Crippen LogP contribution in [-0.4, -0.2) is 17.5 Å². The Labute approximate surface area is 142 Å². The third-order valence-electron chi connectivity index (χ3n) is 4.61. The van der Waals surface area contributed by atoms with Crippen LogP contribution in [0, 0.1) is 13.8 Å². The molecule has 2 amide bonds. The lowest BCUT2D eigenvalue weighted by Gasteiger charge is -2.26. The van der Waals surface area contributed by atoms with E-state index in [1.165, 1.54) is 5.56 Å². The summed E-state index contributed by atoms with van der Waals surface area (Å²) in [5.74, 6) is 0. The Bertz CT molecular complexity index is 712. The van der Waals surface area contributed by atoms with Crippen molar-refractivity contribution in [2.45, 2.75) is 32.7 Å². The summed E-state index contributed by atoms with van der Waals surface area (Å²) < 4.78 is 0. The maximum Gasteiger partial charge on any atom is 0.322 e. The first kappa shape index (κ1) is 15.9. The third kappa shape index (κ3) is 3.35. The molecule has 1 saturated heterocycles. The summed E-state index contributed by atoms with van der Waals surface area (Å²) in [5, 5.41) is 3.79. The van der Waals surface area contributed by atoms with E-state index in [4.69, 9.17) is 11.6 Å². The number of anilines is 1. The highest BCUT2D eigenvalue weighted by Gasteiger charge is 2.30. The van der Waals surface area contributed by atoms with Gasteiger partial charge in [-0.05, 0) is 61.6 Å². The molecule has 1 aliphatic heterocycles. The Morgan fingerprint density at radius 1 is 1.17 bits per heavy atom. The zero-order valence-corrected chi connectivity index (χ0v) is 14.2. The van der Waals surface area contributed by atoms with E-state index in [1.807, 2.05) is 48.2 Å². The molecule has 2 aromatic rings. The Morgan fingerprint density at radius 3 is 2.65 bits per heavy atom. The maximum absolute atomic E-state index is 12.7. The second kappa shape index (κ2) is 6.63. The van der Waals surface area contributed by atoms with Gasteiger partial charge in [0.1, 0.15) is 0 Å². The van der Waals surface area contributed by atoms with Crippen LogP contribution < -0.4 is 5.32 Å². The first-order valence-electron chi connectivity index (χ1n) is 7.95. The number of amides is 2. The van der Waals surface area contributed by atoms with Crippen LogP contribution in [0.3, 0.4) is 0 Å². The number of carbonyl (C=O) groups excluding carboxylic acids is 1. The minimum atomic E-state index is -0.0313. The number of urea groups is 1. The predicted molar refractivity (Wildman–Crippen MR) is 95.1 cm³/mol. The monoisotopic (exact) mass is 328 g/mol. The summed E-state index contributed by atoms with van der Waals surface area (Å²) in [4.78, 5) is 14.6. The molecule has 23 heavy (non-hydrogen) atoms. The van der Waals surface area contributed by atoms with Gasteiger partial charge in [0, 0.05) is 17.3 Å². The molecule has 0 radical (unpaired) electrons. The van der Waals surface area contributed by atoms with Gasteiger partial charge >= 0.3 is 6.03 Å². The largest absolute Gasteiger partial charge is 0.322 e. The molecule has 0 spiro atoms. The standard InChI is InChI=1S/C19H21ClN2O/c1-13-5-3-6-17(14(13)2)21-19(23)22-12-4-7-18(22)15-8-10-16(20)11-9-15/h3,5-6,8-11,18H,4,7,12H2,1-2H3,(H,21,23)/t18-/m0/s1. The molecule has 1 heterocycles. The zero-order chi connectivity index (χ0) is 16.4. The smallest absolute Gasteiger partial charge is 0.317 e. The average Bonchev–Trinajstić information content (AvgIpc) is 3.02. The molecule has 1 atom stereocenters. The van der Waals surface area contributed by atoms with Gasteiger partial charge in [-0.25, -0.2) is 4.79 Å². The van der Waals surface area contributed by atoms with Gasteiger partial charge < -0.3 is 10.2 Å². The minimum Gasteiger partial charge on any atom is -0.317 e. The van der Waals surface area contributed by atoms with Gasteiger partial charge in [0.05, 0.1) is 6.04 Å². The lowest BCUT2D eigenvalue weighted by molar-refractivity contribution is 0.207. The van der Waals surface area contributed by atoms with E-state index < -0.39 is 0 Å². The van der Waals surface area contributed by atoms with Crippen molar-refractivity contribution in [1.29, 1.82) is 0 Å². The average molecular weight is 329 g/mol. The number of nitrogens with one attached hydrogen (secondary N) is 1. The molecule has 1 fully saturated rings. The van der Waals surface area contributed by atoms with Crippen molar-refractivity contribution in [1.82, 2.24) is 4.90 Å². The highest BCUT2D eigenvalue weighted by atomic mass is 35.5. The molecular formula is C19H21ClN2O. The van der Waals surface area contributed by atoms with Gasteiger partial charge in [-0.1, -0.05) is 35.9 Å². The number of hydrogen-bond acceptors (Lipinski definition) is 1. The summed E-state index contributed by atoms with van der Waals surface area (Å²) in [6, 6.07) is 13.9. The Hall–Kier alpha value is -2.00. The first-order chi connectivity index (χ1) is 11.1. The van der Waals surface area contributed by atoms with E-state index in [1.54, 1.807) is 0 Å². The van der Waals surface area contributed by atoms with Crippen LogP contribution in [0.5, 0.6) is 0 Å². The highest BCUT2D eigenvalue weighted by Crippen LogP contribution is 2.33. The molecule has 1 aliphatic rings. The summed E-state index contributed by atoms with van der Waals surface area (Å²) in [7, 11) is 0. The Kier molecular flexibility index (Phi) is 4.58. The minimum absolute atomic E-state index is 0.0313. The van der Waals surface area contributed by atoms with Crippen molar-refractivity contribution >= 4 is 23.3 Å². The number of halogens is 1. The number of nitrogens with zero attached hydrogens (tertiary/aromatic N) is 1. The van der Waals surface area contributed by atoms with Crippen molar-refractivity contribution in [3.63, 3.8) is 0 Å². The number of likely N-dealkylation sites (tertiary alicyclic amines) is 1. The van der Waals surface area contributed by atoms with Gasteiger partial charge in [-0.15, -0.1) is 0 Å². The lowest BCUT2D eigenvalue weighted by Crippen LogP contribution is -2.34. The van der Waals surface area contributed by atoms with E-state index in [2.05, 4.69) is 18.3 Å². The number of rotatable bonds is 2. The number of hydrogen-bond donors (Lipinski definition) is 1. The van der Waals surface area contributed by atoms with E-state index in [0.29, 0.717) is 0 Å². The maximum atomic E-state index is 12.7. The molecule has 0 unspecified atom stereocenters. The van der Waals surface area contributed by atoms with Crippen LogP contribution >= 0.6 is 11.6 Å². The molecule has 2 aromatic carbocycles. The zero-order valence-electron chi connectivity index (χ0n) is 13.5. The molecule has 3 nitrogen and oxygen atoms in total. The van der Waals surface area contributed by atoms with E-state index >= 15 is 0 Å². The molecule has 0 aromatic heterocycles. The molecular weight excluding hydrogens is 308 g/mol. The van der Waals surface area contributed by atoms with Gasteiger partial charge in [0.25, 0.3) is 0 Å². The van der Waals surface area contributed by atoms with Gasteiger partial charge in [0.2, 0.25) is 0 Å². The Morgan fingerprint density at radius 2 is 1.91 bits per heavy atom. The normalized spacial score (nSPS) is 17.3. The van der Waals surface area contributed by atoms with Crippen LogP contribution in [-0.2, 0) is 0 Å². The van der Waals surface area contributed by atoms with Crippen LogP contribution in [0.15, 0.2) is 42.5 Å². The molecule has 0 saturated carbocycles. The summed E-state index contributed by atoms with van der Waals surface area (Å²) in [6.07, 6.45) is 2.01. The molecule has 1 N–H and O–H groups in total. The quantitative estimate of drug-likeness (QED) is 0.794. The first-order valence-corrected chi connectivity index (χ1v) is 8.33. The third-order valence-corrected chi connectivity index (χ3v) is 4.87. The van der Waals surface area contributed by atoms with Crippen molar-refractivity contribution in [3.8, 4) is 0 Å². The summed E-state index contributed by atoms with van der Waals surface area (Å²) >= 11 is 5.96. The van der Waals surface area contributed by atoms with Crippen molar-refractivity contribution < 1.29 is 4.79 Å².